The standard InChI is InChI=1S/C31H38O8/c1-7-16(2)29(35)39-28-20-12-19-18(25(26(20)34)22(30(28,3)4)14-23(32)36-6)8-10-31(5)21(19)13-24(33)38-27(31)17-9-11-37-15-17/h7,9,11,15,18,20,22,25,27-28H,8,10,12-14H2,1-6H3. The van der Waals surface area contributed by atoms with E-state index in [9.17, 15) is 19.2 Å². The van der Waals surface area contributed by atoms with E-state index in [1.54, 1.807) is 32.4 Å². The summed E-state index contributed by atoms with van der Waals surface area (Å²) in [5, 5.41) is 0. The Morgan fingerprint density at radius 1 is 1.18 bits per heavy atom. The molecule has 7 atom stereocenters. The van der Waals surface area contributed by atoms with E-state index in [4.69, 9.17) is 18.6 Å². The van der Waals surface area contributed by atoms with E-state index in [1.165, 1.54) is 7.11 Å². The zero-order chi connectivity index (χ0) is 28.3. The third kappa shape index (κ3) is 4.27. The van der Waals surface area contributed by atoms with E-state index in [1.807, 2.05) is 19.9 Å². The van der Waals surface area contributed by atoms with Crippen molar-refractivity contribution in [3.05, 3.63) is 47.0 Å². The van der Waals surface area contributed by atoms with Crippen molar-refractivity contribution in [3.63, 3.8) is 0 Å². The van der Waals surface area contributed by atoms with Crippen LogP contribution in [-0.2, 0) is 33.4 Å². The lowest BCUT2D eigenvalue weighted by Gasteiger charge is -2.59. The summed E-state index contributed by atoms with van der Waals surface area (Å²) < 4.78 is 22.4. The fourth-order valence-corrected chi connectivity index (χ4v) is 7.88. The Morgan fingerprint density at radius 3 is 2.56 bits per heavy atom. The second-order valence-electron chi connectivity index (χ2n) is 12.4. The number of allylic oxidation sites excluding steroid dienone is 2. The van der Waals surface area contributed by atoms with Crippen molar-refractivity contribution in [3.8, 4) is 0 Å². The molecule has 4 aliphatic rings. The number of fused-ring (bicyclic) bond motifs is 5. The van der Waals surface area contributed by atoms with Crippen molar-refractivity contribution >= 4 is 23.7 Å². The monoisotopic (exact) mass is 538 g/mol. The summed E-state index contributed by atoms with van der Waals surface area (Å²) in [6.07, 6.45) is 5.80. The van der Waals surface area contributed by atoms with Crippen molar-refractivity contribution in [1.82, 2.24) is 0 Å². The number of rotatable bonds is 5. The molecular weight excluding hydrogens is 500 g/mol. The maximum atomic E-state index is 14.1. The van der Waals surface area contributed by atoms with Crippen molar-refractivity contribution in [1.29, 1.82) is 0 Å². The van der Waals surface area contributed by atoms with Gasteiger partial charge in [0.1, 0.15) is 18.0 Å². The number of carbonyl (C=O) groups is 4. The van der Waals surface area contributed by atoms with Crippen LogP contribution in [0.5, 0.6) is 0 Å². The fourth-order valence-electron chi connectivity index (χ4n) is 7.88. The quantitative estimate of drug-likeness (QED) is 0.216. The molecule has 2 saturated carbocycles. The third-order valence-electron chi connectivity index (χ3n) is 10.2. The van der Waals surface area contributed by atoms with Gasteiger partial charge in [-0.05, 0) is 56.6 Å². The van der Waals surface area contributed by atoms with Crippen LogP contribution in [0.25, 0.3) is 0 Å². The lowest BCUT2D eigenvalue weighted by molar-refractivity contribution is -0.183. The van der Waals surface area contributed by atoms with E-state index in [2.05, 4.69) is 6.92 Å². The van der Waals surface area contributed by atoms with E-state index < -0.39 is 46.8 Å². The molecule has 210 valence electrons. The average Bonchev–Trinajstić information content (AvgIpc) is 3.43. The Labute approximate surface area is 229 Å². The molecule has 1 aromatic heterocycles. The smallest absolute Gasteiger partial charge is 0.333 e. The number of ketones is 1. The molecule has 39 heavy (non-hydrogen) atoms. The van der Waals surface area contributed by atoms with Crippen molar-refractivity contribution < 1.29 is 37.8 Å². The van der Waals surface area contributed by atoms with Crippen LogP contribution >= 0.6 is 0 Å². The topological polar surface area (TPSA) is 109 Å². The molecule has 2 heterocycles. The third-order valence-corrected chi connectivity index (χ3v) is 10.2. The molecule has 2 bridgehead atoms. The molecule has 5 rings (SSSR count). The molecule has 7 unspecified atom stereocenters. The summed E-state index contributed by atoms with van der Waals surface area (Å²) in [5.41, 5.74) is 2.30. The first-order chi connectivity index (χ1) is 18.4. The lowest BCUT2D eigenvalue weighted by Crippen LogP contribution is -2.62. The highest BCUT2D eigenvalue weighted by Gasteiger charge is 2.63. The molecule has 1 aromatic rings. The van der Waals surface area contributed by atoms with Crippen molar-refractivity contribution in [2.24, 2.45) is 34.5 Å². The molecule has 3 aliphatic carbocycles. The lowest BCUT2D eigenvalue weighted by atomic mass is 9.46. The largest absolute Gasteiger partial charge is 0.472 e. The van der Waals surface area contributed by atoms with Crippen molar-refractivity contribution in [2.75, 3.05) is 7.11 Å². The number of carbonyl (C=O) groups excluding carboxylic acids is 4. The summed E-state index contributed by atoms with van der Waals surface area (Å²) in [6.45, 7) is 9.57. The first kappa shape index (κ1) is 27.4. The van der Waals surface area contributed by atoms with Crippen LogP contribution in [-0.4, -0.2) is 36.9 Å². The van der Waals surface area contributed by atoms with Crippen LogP contribution in [0.3, 0.4) is 0 Å². The number of Topliss-reactive ketones (excluding diaryl/α,β-unsaturated/α-hetero) is 1. The molecule has 3 fully saturated rings. The Bertz CT molecular complexity index is 1250. The minimum atomic E-state index is -0.722. The van der Waals surface area contributed by atoms with Crippen LogP contribution in [0.15, 0.2) is 45.8 Å². The first-order valence-electron chi connectivity index (χ1n) is 13.8. The molecule has 8 nitrogen and oxygen atoms in total. The molecule has 8 heteroatoms. The zero-order valence-electron chi connectivity index (χ0n) is 23.6. The minimum Gasteiger partial charge on any atom is -0.472 e. The second-order valence-corrected chi connectivity index (χ2v) is 12.4. The van der Waals surface area contributed by atoms with Gasteiger partial charge in [0.05, 0.1) is 32.0 Å². The van der Waals surface area contributed by atoms with Gasteiger partial charge < -0.3 is 18.6 Å². The Morgan fingerprint density at radius 2 is 1.92 bits per heavy atom. The number of methoxy groups -OCH3 is 1. The number of hydrogen-bond acceptors (Lipinski definition) is 8. The SMILES string of the molecule is CC=C(C)C(=O)OC1C2CC3=C4CC(=O)OC(c5ccoc5)C4(C)CCC3C(C2=O)C(CC(=O)OC)C1(C)C. The first-order valence-corrected chi connectivity index (χ1v) is 13.8. The van der Waals surface area contributed by atoms with E-state index >= 15 is 0 Å². The van der Waals surface area contributed by atoms with Crippen LogP contribution < -0.4 is 0 Å². The minimum absolute atomic E-state index is 0.0434. The van der Waals surface area contributed by atoms with Crippen LogP contribution in [0.2, 0.25) is 0 Å². The normalized spacial score (nSPS) is 35.5. The van der Waals surface area contributed by atoms with Gasteiger partial charge in [-0.2, -0.15) is 0 Å². The maximum absolute atomic E-state index is 14.1. The Balaban J connectivity index is 1.64. The second kappa shape index (κ2) is 9.79. The molecule has 0 aromatic carbocycles. The van der Waals surface area contributed by atoms with Gasteiger partial charge in [-0.25, -0.2) is 4.79 Å². The number of ether oxygens (including phenoxy) is 3. The highest BCUT2D eigenvalue weighted by Crippen LogP contribution is 2.64. The van der Waals surface area contributed by atoms with Crippen molar-refractivity contribution in [2.45, 2.75) is 78.9 Å². The summed E-state index contributed by atoms with van der Waals surface area (Å²) in [4.78, 5) is 52.7. The molecule has 1 saturated heterocycles. The van der Waals surface area contributed by atoms with E-state index in [0.29, 0.717) is 12.0 Å². The summed E-state index contributed by atoms with van der Waals surface area (Å²) in [7, 11) is 1.35. The molecule has 0 N–H and O–H groups in total. The molecule has 1 aliphatic heterocycles. The highest BCUT2D eigenvalue weighted by atomic mass is 16.6. The van der Waals surface area contributed by atoms with Crippen LogP contribution in [0, 0.1) is 34.5 Å². The van der Waals surface area contributed by atoms with Crippen LogP contribution in [0.1, 0.15) is 78.4 Å². The van der Waals surface area contributed by atoms with Crippen LogP contribution in [0.4, 0.5) is 0 Å². The number of furan rings is 1. The summed E-state index contributed by atoms with van der Waals surface area (Å²) >= 11 is 0. The van der Waals surface area contributed by atoms with Gasteiger partial charge in [0.15, 0.2) is 0 Å². The van der Waals surface area contributed by atoms with E-state index in [-0.39, 0.29) is 36.4 Å². The number of esters is 3. The summed E-state index contributed by atoms with van der Waals surface area (Å²) in [5.74, 6) is -2.57. The fraction of sp³-hybridized carbons (Fsp3) is 0.613. The van der Waals surface area contributed by atoms with E-state index in [0.717, 1.165) is 29.6 Å². The Kier molecular flexibility index (Phi) is 6.88. The van der Waals surface area contributed by atoms with Gasteiger partial charge in [-0.3, -0.25) is 14.4 Å². The molecular formula is C31H38O8. The number of hydrogen-bond donors (Lipinski definition) is 0. The predicted octanol–water partition coefficient (Wildman–Crippen LogP) is 5.28. The summed E-state index contributed by atoms with van der Waals surface area (Å²) in [6, 6.07) is 1.83. The molecule has 0 spiro atoms. The van der Waals surface area contributed by atoms with Gasteiger partial charge in [-0.1, -0.05) is 32.4 Å². The van der Waals surface area contributed by atoms with Gasteiger partial charge in [0.2, 0.25) is 0 Å². The molecule has 0 amide bonds. The van der Waals surface area contributed by atoms with Gasteiger partial charge >= 0.3 is 17.9 Å². The predicted molar refractivity (Wildman–Crippen MR) is 140 cm³/mol. The van der Waals surface area contributed by atoms with Gasteiger partial charge in [0, 0.05) is 34.3 Å². The highest BCUT2D eigenvalue weighted by molar-refractivity contribution is 5.91. The van der Waals surface area contributed by atoms with Gasteiger partial charge in [0.25, 0.3) is 0 Å². The number of cyclic esters (lactones) is 1. The average molecular weight is 539 g/mol. The maximum Gasteiger partial charge on any atom is 0.333 e. The Hall–Kier alpha value is -3.16. The zero-order valence-corrected chi connectivity index (χ0v) is 23.6. The molecule has 0 radical (unpaired) electrons. The van der Waals surface area contributed by atoms with Gasteiger partial charge in [-0.15, -0.1) is 0 Å².